The quantitative estimate of drug-likeness (QED) is 0.453. The molecule has 0 radical (unpaired) electrons. The van der Waals surface area contributed by atoms with Crippen molar-refractivity contribution in [1.29, 1.82) is 0 Å². The zero-order valence-electron chi connectivity index (χ0n) is 14.3. The number of nitrogens with zero attached hydrogens (tertiary/aromatic N) is 1. The van der Waals surface area contributed by atoms with Gasteiger partial charge in [-0.05, 0) is 71.8 Å². The molecule has 3 nitrogen and oxygen atoms in total. The van der Waals surface area contributed by atoms with Crippen molar-refractivity contribution in [2.45, 2.75) is 0 Å². The molecule has 132 valence electrons. The SMILES string of the molecule is Oc1ccc(-c2cc(-c3cccc(Cl)c3)cc(-c3cccc(O)c3)n2)cc1. The van der Waals surface area contributed by atoms with Gasteiger partial charge in [-0.3, -0.25) is 0 Å². The van der Waals surface area contributed by atoms with Crippen LogP contribution in [0.2, 0.25) is 5.02 Å². The molecule has 1 heterocycles. The number of aromatic nitrogens is 1. The van der Waals surface area contributed by atoms with Crippen LogP contribution in [-0.2, 0) is 0 Å². The lowest BCUT2D eigenvalue weighted by atomic mass is 10.00. The highest BCUT2D eigenvalue weighted by atomic mass is 35.5. The maximum absolute atomic E-state index is 9.84. The zero-order chi connectivity index (χ0) is 18.8. The van der Waals surface area contributed by atoms with Crippen LogP contribution in [-0.4, -0.2) is 15.2 Å². The van der Waals surface area contributed by atoms with Crippen LogP contribution < -0.4 is 0 Å². The molecule has 0 spiro atoms. The summed E-state index contributed by atoms with van der Waals surface area (Å²) in [7, 11) is 0. The number of rotatable bonds is 3. The number of hydrogen-bond donors (Lipinski definition) is 2. The van der Waals surface area contributed by atoms with E-state index >= 15 is 0 Å². The van der Waals surface area contributed by atoms with Crippen molar-refractivity contribution in [2.75, 3.05) is 0 Å². The molecule has 0 amide bonds. The van der Waals surface area contributed by atoms with Gasteiger partial charge in [-0.25, -0.2) is 4.98 Å². The summed E-state index contributed by atoms with van der Waals surface area (Å²) in [6.07, 6.45) is 0. The molecular formula is C23H16ClNO2. The highest BCUT2D eigenvalue weighted by Gasteiger charge is 2.10. The lowest BCUT2D eigenvalue weighted by Gasteiger charge is -2.11. The van der Waals surface area contributed by atoms with Gasteiger partial charge in [0, 0.05) is 16.1 Å². The number of pyridine rings is 1. The molecular weight excluding hydrogens is 358 g/mol. The van der Waals surface area contributed by atoms with E-state index in [4.69, 9.17) is 16.6 Å². The number of hydrogen-bond acceptors (Lipinski definition) is 3. The summed E-state index contributed by atoms with van der Waals surface area (Å²) >= 11 is 6.17. The van der Waals surface area contributed by atoms with Crippen LogP contribution in [0.25, 0.3) is 33.6 Å². The molecule has 0 saturated carbocycles. The van der Waals surface area contributed by atoms with Crippen LogP contribution >= 0.6 is 11.6 Å². The Morgan fingerprint density at radius 1 is 0.556 bits per heavy atom. The van der Waals surface area contributed by atoms with E-state index in [1.807, 2.05) is 54.6 Å². The Kier molecular flexibility index (Phi) is 4.53. The standard InChI is InChI=1S/C23H16ClNO2/c24-19-5-1-3-16(11-19)18-13-22(15-7-9-20(26)10-8-15)25-23(14-18)17-4-2-6-21(27)12-17/h1-14,26-27H. The molecule has 0 aliphatic rings. The molecule has 4 rings (SSSR count). The van der Waals surface area contributed by atoms with Crippen molar-refractivity contribution in [3.8, 4) is 45.1 Å². The van der Waals surface area contributed by atoms with Crippen molar-refractivity contribution < 1.29 is 10.2 Å². The fourth-order valence-electron chi connectivity index (χ4n) is 2.96. The third-order valence-corrected chi connectivity index (χ3v) is 4.52. The minimum absolute atomic E-state index is 0.189. The Hall–Kier alpha value is -3.30. The molecule has 4 heteroatoms. The highest BCUT2D eigenvalue weighted by Crippen LogP contribution is 2.32. The van der Waals surface area contributed by atoms with E-state index < -0.39 is 0 Å². The first-order valence-corrected chi connectivity index (χ1v) is 8.83. The molecule has 0 atom stereocenters. The summed E-state index contributed by atoms with van der Waals surface area (Å²) in [5.74, 6) is 0.395. The summed E-state index contributed by atoms with van der Waals surface area (Å²) < 4.78 is 0. The third kappa shape index (κ3) is 3.78. The minimum atomic E-state index is 0.189. The summed E-state index contributed by atoms with van der Waals surface area (Å²) in [5, 5.41) is 20.1. The molecule has 0 unspecified atom stereocenters. The van der Waals surface area contributed by atoms with Gasteiger partial charge in [-0.2, -0.15) is 0 Å². The second-order valence-electron chi connectivity index (χ2n) is 6.23. The second-order valence-corrected chi connectivity index (χ2v) is 6.67. The molecule has 2 N–H and O–H groups in total. The molecule has 0 bridgehead atoms. The number of aromatic hydroxyl groups is 2. The van der Waals surface area contributed by atoms with E-state index in [2.05, 4.69) is 0 Å². The molecule has 0 fully saturated rings. The number of phenols is 2. The molecule has 0 aliphatic heterocycles. The molecule has 0 aliphatic carbocycles. The van der Waals surface area contributed by atoms with Crippen LogP contribution in [0.4, 0.5) is 0 Å². The van der Waals surface area contributed by atoms with E-state index in [1.165, 1.54) is 0 Å². The first-order chi connectivity index (χ1) is 13.1. The topological polar surface area (TPSA) is 53.4 Å². The normalized spacial score (nSPS) is 10.7. The first-order valence-electron chi connectivity index (χ1n) is 8.45. The lowest BCUT2D eigenvalue weighted by molar-refractivity contribution is 0.475. The van der Waals surface area contributed by atoms with Crippen molar-refractivity contribution in [3.63, 3.8) is 0 Å². The van der Waals surface area contributed by atoms with E-state index in [1.54, 1.807) is 30.3 Å². The van der Waals surface area contributed by atoms with E-state index in [0.29, 0.717) is 5.02 Å². The van der Waals surface area contributed by atoms with Crippen LogP contribution in [0, 0.1) is 0 Å². The number of benzene rings is 3. The molecule has 3 aromatic carbocycles. The average Bonchev–Trinajstić information content (AvgIpc) is 2.68. The summed E-state index contributed by atoms with van der Waals surface area (Å²) in [4.78, 5) is 4.77. The second kappa shape index (κ2) is 7.14. The smallest absolute Gasteiger partial charge is 0.116 e. The predicted molar refractivity (Wildman–Crippen MR) is 109 cm³/mol. The Labute approximate surface area is 162 Å². The molecule has 0 saturated heterocycles. The Morgan fingerprint density at radius 2 is 1.22 bits per heavy atom. The van der Waals surface area contributed by atoms with Crippen molar-refractivity contribution in [1.82, 2.24) is 4.98 Å². The van der Waals surface area contributed by atoms with E-state index in [9.17, 15) is 10.2 Å². The fourth-order valence-corrected chi connectivity index (χ4v) is 3.15. The van der Waals surface area contributed by atoms with E-state index in [0.717, 1.165) is 33.6 Å². The van der Waals surface area contributed by atoms with Gasteiger partial charge < -0.3 is 10.2 Å². The van der Waals surface area contributed by atoms with Crippen LogP contribution in [0.3, 0.4) is 0 Å². The van der Waals surface area contributed by atoms with Gasteiger partial charge in [-0.1, -0.05) is 35.9 Å². The maximum atomic E-state index is 9.84. The number of phenolic OH excluding ortho intramolecular Hbond substituents is 2. The minimum Gasteiger partial charge on any atom is -0.508 e. The predicted octanol–water partition coefficient (Wildman–Crippen LogP) is 6.15. The van der Waals surface area contributed by atoms with Crippen LogP contribution in [0.5, 0.6) is 11.5 Å². The number of halogens is 1. The Balaban J connectivity index is 1.92. The average molecular weight is 374 g/mol. The lowest BCUT2D eigenvalue weighted by Crippen LogP contribution is -1.91. The molecule has 1 aromatic heterocycles. The van der Waals surface area contributed by atoms with Crippen molar-refractivity contribution >= 4 is 11.6 Å². The zero-order valence-corrected chi connectivity index (χ0v) is 15.1. The van der Waals surface area contributed by atoms with Gasteiger partial charge >= 0.3 is 0 Å². The molecule has 27 heavy (non-hydrogen) atoms. The third-order valence-electron chi connectivity index (χ3n) is 4.29. The van der Waals surface area contributed by atoms with E-state index in [-0.39, 0.29) is 11.5 Å². The van der Waals surface area contributed by atoms with Gasteiger partial charge in [0.05, 0.1) is 11.4 Å². The van der Waals surface area contributed by atoms with Gasteiger partial charge in [0.15, 0.2) is 0 Å². The van der Waals surface area contributed by atoms with Crippen molar-refractivity contribution in [2.24, 2.45) is 0 Å². The van der Waals surface area contributed by atoms with Crippen LogP contribution in [0.1, 0.15) is 0 Å². The summed E-state index contributed by atoms with van der Waals surface area (Å²) in [5.41, 5.74) is 5.16. The fraction of sp³-hybridized carbons (Fsp3) is 0. The largest absolute Gasteiger partial charge is 0.508 e. The molecule has 4 aromatic rings. The summed E-state index contributed by atoms with van der Waals surface area (Å²) in [6.45, 7) is 0. The first kappa shape index (κ1) is 17.1. The van der Waals surface area contributed by atoms with Gasteiger partial charge in [0.2, 0.25) is 0 Å². The van der Waals surface area contributed by atoms with Gasteiger partial charge in [0.1, 0.15) is 11.5 Å². The summed E-state index contributed by atoms with van der Waals surface area (Å²) in [6, 6.07) is 25.5. The van der Waals surface area contributed by atoms with Crippen LogP contribution in [0.15, 0.2) is 84.9 Å². The van der Waals surface area contributed by atoms with Crippen molar-refractivity contribution in [3.05, 3.63) is 90.0 Å². The van der Waals surface area contributed by atoms with Gasteiger partial charge in [-0.15, -0.1) is 0 Å². The monoisotopic (exact) mass is 373 g/mol. The Bertz CT molecular complexity index is 1040. The maximum Gasteiger partial charge on any atom is 0.116 e. The Morgan fingerprint density at radius 3 is 1.93 bits per heavy atom. The van der Waals surface area contributed by atoms with Gasteiger partial charge in [0.25, 0.3) is 0 Å². The highest BCUT2D eigenvalue weighted by molar-refractivity contribution is 6.30.